The summed E-state index contributed by atoms with van der Waals surface area (Å²) in [6.07, 6.45) is 2.78. The average molecular weight is 494 g/mol. The fourth-order valence-electron chi connectivity index (χ4n) is 4.80. The number of benzene rings is 2. The van der Waals surface area contributed by atoms with Crippen LogP contribution in [0.15, 0.2) is 48.5 Å². The van der Waals surface area contributed by atoms with Gasteiger partial charge in [0, 0.05) is 45.5 Å². The van der Waals surface area contributed by atoms with Crippen LogP contribution in [0, 0.1) is 11.8 Å². The molecule has 1 N–H and O–H groups in total. The monoisotopic (exact) mass is 493 g/mol. The standard InChI is InChI=1S/C29H39N3O4/c1-20-16-32(17-23-10-11-23)21(2)19-36-26-13-12-24(30-28(33)14-22-8-6-5-7-9-22)15-25(26)29(34)31(3)18-27(20)35-4/h5-9,12-13,15,20-21,23,27H,10-11,14,16-19H2,1-4H3,(H,30,33)/t20-,21-,27-/m0/s1. The van der Waals surface area contributed by atoms with E-state index in [0.29, 0.717) is 30.2 Å². The van der Waals surface area contributed by atoms with Gasteiger partial charge >= 0.3 is 0 Å². The van der Waals surface area contributed by atoms with Gasteiger partial charge in [0.2, 0.25) is 5.91 Å². The highest BCUT2D eigenvalue weighted by molar-refractivity contribution is 5.99. The van der Waals surface area contributed by atoms with E-state index in [2.05, 4.69) is 24.1 Å². The van der Waals surface area contributed by atoms with Crippen LogP contribution in [-0.4, -0.2) is 74.2 Å². The Labute approximate surface area is 214 Å². The molecule has 36 heavy (non-hydrogen) atoms. The Balaban J connectivity index is 1.56. The Morgan fingerprint density at radius 2 is 1.86 bits per heavy atom. The first-order valence-corrected chi connectivity index (χ1v) is 13.0. The predicted molar refractivity (Wildman–Crippen MR) is 141 cm³/mol. The molecule has 3 atom stereocenters. The molecule has 0 bridgehead atoms. The number of rotatable bonds is 6. The highest BCUT2D eigenvalue weighted by Gasteiger charge is 2.31. The molecule has 2 aromatic rings. The maximum Gasteiger partial charge on any atom is 0.257 e. The fraction of sp³-hybridized carbons (Fsp3) is 0.517. The lowest BCUT2D eigenvalue weighted by Gasteiger charge is -2.36. The molecule has 1 aliphatic carbocycles. The number of hydrogen-bond acceptors (Lipinski definition) is 5. The molecule has 1 heterocycles. The van der Waals surface area contributed by atoms with Gasteiger partial charge in [0.15, 0.2) is 0 Å². The minimum Gasteiger partial charge on any atom is -0.491 e. The molecule has 2 amide bonds. The molecule has 2 aromatic carbocycles. The van der Waals surface area contributed by atoms with Crippen molar-refractivity contribution in [3.8, 4) is 5.75 Å². The van der Waals surface area contributed by atoms with Gasteiger partial charge in [-0.2, -0.15) is 0 Å². The lowest BCUT2D eigenvalue weighted by atomic mass is 10.0. The Bertz CT molecular complexity index is 1040. The van der Waals surface area contributed by atoms with Crippen molar-refractivity contribution < 1.29 is 19.1 Å². The van der Waals surface area contributed by atoms with E-state index in [4.69, 9.17) is 9.47 Å². The van der Waals surface area contributed by atoms with Crippen molar-refractivity contribution in [2.45, 2.75) is 45.3 Å². The number of nitrogens with zero attached hydrogens (tertiary/aromatic N) is 2. The molecule has 7 heteroatoms. The molecular formula is C29H39N3O4. The number of carbonyl (C=O) groups excluding carboxylic acids is 2. The highest BCUT2D eigenvalue weighted by Crippen LogP contribution is 2.32. The first-order chi connectivity index (χ1) is 17.3. The normalized spacial score (nSPS) is 23.7. The van der Waals surface area contributed by atoms with Crippen molar-refractivity contribution in [2.24, 2.45) is 11.8 Å². The first-order valence-electron chi connectivity index (χ1n) is 13.0. The van der Waals surface area contributed by atoms with Gasteiger partial charge in [0.1, 0.15) is 12.4 Å². The van der Waals surface area contributed by atoms with Crippen LogP contribution in [-0.2, 0) is 16.0 Å². The van der Waals surface area contributed by atoms with Crippen molar-refractivity contribution in [3.05, 3.63) is 59.7 Å². The number of amides is 2. The summed E-state index contributed by atoms with van der Waals surface area (Å²) in [5.74, 6) is 1.28. The second-order valence-electron chi connectivity index (χ2n) is 10.4. The van der Waals surface area contributed by atoms with E-state index >= 15 is 0 Å². The quantitative estimate of drug-likeness (QED) is 0.657. The van der Waals surface area contributed by atoms with Crippen LogP contribution < -0.4 is 10.1 Å². The Kier molecular flexibility index (Phi) is 8.64. The van der Waals surface area contributed by atoms with Crippen LogP contribution in [0.5, 0.6) is 5.75 Å². The number of nitrogens with one attached hydrogen (secondary N) is 1. The second-order valence-corrected chi connectivity index (χ2v) is 10.4. The van der Waals surface area contributed by atoms with Crippen molar-refractivity contribution in [2.75, 3.05) is 45.7 Å². The van der Waals surface area contributed by atoms with Crippen molar-refractivity contribution in [1.82, 2.24) is 9.80 Å². The van der Waals surface area contributed by atoms with Gasteiger partial charge < -0.3 is 19.7 Å². The smallest absolute Gasteiger partial charge is 0.257 e. The summed E-state index contributed by atoms with van der Waals surface area (Å²) < 4.78 is 12.1. The highest BCUT2D eigenvalue weighted by atomic mass is 16.5. The number of likely N-dealkylation sites (N-methyl/N-ethyl adjacent to an activating group) is 1. The van der Waals surface area contributed by atoms with Gasteiger partial charge in [-0.25, -0.2) is 0 Å². The molecule has 4 rings (SSSR count). The third-order valence-electron chi connectivity index (χ3n) is 7.25. The lowest BCUT2D eigenvalue weighted by Crippen LogP contribution is -2.47. The lowest BCUT2D eigenvalue weighted by molar-refractivity contribution is -0.115. The second kappa shape index (κ2) is 11.9. The Morgan fingerprint density at radius 3 is 2.56 bits per heavy atom. The number of hydrogen-bond donors (Lipinski definition) is 1. The number of fused-ring (bicyclic) bond motifs is 1. The van der Waals surface area contributed by atoms with Crippen LogP contribution in [0.4, 0.5) is 5.69 Å². The van der Waals surface area contributed by atoms with E-state index in [1.54, 1.807) is 37.3 Å². The average Bonchev–Trinajstić information content (AvgIpc) is 3.69. The van der Waals surface area contributed by atoms with Crippen molar-refractivity contribution in [1.29, 1.82) is 0 Å². The zero-order chi connectivity index (χ0) is 25.7. The Hall–Kier alpha value is -2.90. The number of carbonyl (C=O) groups is 2. The number of ether oxygens (including phenoxy) is 2. The predicted octanol–water partition coefficient (Wildman–Crippen LogP) is 4.08. The van der Waals surface area contributed by atoms with E-state index in [1.807, 2.05) is 30.3 Å². The van der Waals surface area contributed by atoms with Gasteiger partial charge in [0.25, 0.3) is 5.91 Å². The molecule has 194 valence electrons. The molecule has 1 fully saturated rings. The maximum atomic E-state index is 13.5. The van der Waals surface area contributed by atoms with Gasteiger partial charge in [0.05, 0.1) is 18.1 Å². The summed E-state index contributed by atoms with van der Waals surface area (Å²) >= 11 is 0. The van der Waals surface area contributed by atoms with Crippen LogP contribution in [0.2, 0.25) is 0 Å². The summed E-state index contributed by atoms with van der Waals surface area (Å²) in [4.78, 5) is 30.4. The van der Waals surface area contributed by atoms with E-state index in [1.165, 1.54) is 12.8 Å². The zero-order valence-electron chi connectivity index (χ0n) is 21.9. The van der Waals surface area contributed by atoms with Gasteiger partial charge in [-0.15, -0.1) is 0 Å². The summed E-state index contributed by atoms with van der Waals surface area (Å²) in [5, 5.41) is 2.94. The summed E-state index contributed by atoms with van der Waals surface area (Å²) in [7, 11) is 3.51. The van der Waals surface area contributed by atoms with Crippen molar-refractivity contribution in [3.63, 3.8) is 0 Å². The van der Waals surface area contributed by atoms with Gasteiger partial charge in [-0.05, 0) is 55.4 Å². The van der Waals surface area contributed by atoms with E-state index in [-0.39, 0.29) is 36.3 Å². The third kappa shape index (κ3) is 6.86. The summed E-state index contributed by atoms with van der Waals surface area (Å²) in [6.45, 7) is 7.32. The minimum atomic E-state index is -0.151. The molecule has 2 aliphatic rings. The van der Waals surface area contributed by atoms with Crippen LogP contribution in [0.25, 0.3) is 0 Å². The molecule has 0 aromatic heterocycles. The minimum absolute atomic E-state index is 0.0783. The number of methoxy groups -OCH3 is 1. The fourth-order valence-corrected chi connectivity index (χ4v) is 4.80. The summed E-state index contributed by atoms with van der Waals surface area (Å²) in [6, 6.07) is 15.1. The molecule has 0 unspecified atom stereocenters. The van der Waals surface area contributed by atoms with Crippen molar-refractivity contribution >= 4 is 17.5 Å². The molecule has 0 saturated heterocycles. The SMILES string of the molecule is CO[C@H]1CN(C)C(=O)c2cc(NC(=O)Cc3ccccc3)ccc2OC[C@H](C)N(CC2CC2)C[C@@H]1C. The van der Waals surface area contributed by atoms with Gasteiger partial charge in [-0.3, -0.25) is 14.5 Å². The maximum absolute atomic E-state index is 13.5. The molecule has 1 saturated carbocycles. The first kappa shape index (κ1) is 26.2. The van der Waals surface area contributed by atoms with Crippen LogP contribution >= 0.6 is 0 Å². The largest absolute Gasteiger partial charge is 0.491 e. The topological polar surface area (TPSA) is 71.1 Å². The van der Waals surface area contributed by atoms with Gasteiger partial charge in [-0.1, -0.05) is 37.3 Å². The molecular weight excluding hydrogens is 454 g/mol. The molecule has 0 spiro atoms. The van der Waals surface area contributed by atoms with Crippen LogP contribution in [0.3, 0.4) is 0 Å². The zero-order valence-corrected chi connectivity index (χ0v) is 21.9. The van der Waals surface area contributed by atoms with E-state index < -0.39 is 0 Å². The van der Waals surface area contributed by atoms with Crippen LogP contribution in [0.1, 0.15) is 42.6 Å². The summed E-state index contributed by atoms with van der Waals surface area (Å²) in [5.41, 5.74) is 1.95. The third-order valence-corrected chi connectivity index (χ3v) is 7.25. The van der Waals surface area contributed by atoms with E-state index in [9.17, 15) is 9.59 Å². The van der Waals surface area contributed by atoms with E-state index in [0.717, 1.165) is 24.6 Å². The number of anilines is 1. The molecule has 7 nitrogen and oxygen atoms in total. The molecule has 1 aliphatic heterocycles. The Morgan fingerprint density at radius 1 is 1.11 bits per heavy atom. The molecule has 0 radical (unpaired) electrons.